The van der Waals surface area contributed by atoms with E-state index >= 15 is 0 Å². The summed E-state index contributed by atoms with van der Waals surface area (Å²) in [6.07, 6.45) is 1.41. The number of rotatable bonds is 4. The van der Waals surface area contributed by atoms with Crippen LogP contribution in [0.4, 0.5) is 17.2 Å². The summed E-state index contributed by atoms with van der Waals surface area (Å²) in [6.45, 7) is 3.94. The average Bonchev–Trinajstić information content (AvgIpc) is 2.57. The fourth-order valence-corrected chi connectivity index (χ4v) is 2.24. The fourth-order valence-electron chi connectivity index (χ4n) is 2.13. The van der Waals surface area contributed by atoms with Gasteiger partial charge in [0, 0.05) is 10.7 Å². The number of anilines is 3. The Hall–Kier alpha value is -2.79. The van der Waals surface area contributed by atoms with E-state index in [2.05, 4.69) is 15.3 Å². The Morgan fingerprint density at radius 3 is 2.50 bits per heavy atom. The van der Waals surface area contributed by atoms with E-state index in [0.29, 0.717) is 28.2 Å². The highest BCUT2D eigenvalue weighted by Gasteiger charge is 2.11. The molecule has 2 aromatic carbocycles. The molecule has 0 atom stereocenters. The maximum absolute atomic E-state index is 6.14. The van der Waals surface area contributed by atoms with Crippen molar-refractivity contribution in [3.8, 4) is 11.6 Å². The number of nitrogens with one attached hydrogen (secondary N) is 1. The maximum Gasteiger partial charge on any atom is 0.248 e. The van der Waals surface area contributed by atoms with E-state index in [-0.39, 0.29) is 0 Å². The van der Waals surface area contributed by atoms with Crippen molar-refractivity contribution in [3.05, 3.63) is 64.9 Å². The molecule has 0 unspecified atom stereocenters. The van der Waals surface area contributed by atoms with E-state index < -0.39 is 0 Å². The van der Waals surface area contributed by atoms with Gasteiger partial charge < -0.3 is 15.8 Å². The summed E-state index contributed by atoms with van der Waals surface area (Å²) in [6, 6.07) is 13.3. The zero-order chi connectivity index (χ0) is 17.1. The molecule has 3 aromatic rings. The van der Waals surface area contributed by atoms with Crippen molar-refractivity contribution in [2.75, 3.05) is 11.1 Å². The van der Waals surface area contributed by atoms with Crippen molar-refractivity contribution in [1.29, 1.82) is 0 Å². The first-order chi connectivity index (χ1) is 11.5. The number of nitrogens with two attached hydrogens (primary N) is 1. The van der Waals surface area contributed by atoms with Crippen molar-refractivity contribution in [1.82, 2.24) is 9.97 Å². The van der Waals surface area contributed by atoms with Gasteiger partial charge in [-0.3, -0.25) is 0 Å². The number of benzene rings is 2. The van der Waals surface area contributed by atoms with Crippen LogP contribution in [0.3, 0.4) is 0 Å². The highest BCUT2D eigenvalue weighted by Crippen LogP contribution is 2.32. The van der Waals surface area contributed by atoms with Crippen LogP contribution in [-0.2, 0) is 0 Å². The minimum atomic E-state index is 0.293. The van der Waals surface area contributed by atoms with Crippen molar-refractivity contribution in [2.24, 2.45) is 0 Å². The average molecular weight is 341 g/mol. The summed E-state index contributed by atoms with van der Waals surface area (Å²) in [7, 11) is 0. The van der Waals surface area contributed by atoms with Gasteiger partial charge in [0.15, 0.2) is 5.82 Å². The Bertz CT molecular complexity index is 865. The van der Waals surface area contributed by atoms with E-state index in [9.17, 15) is 0 Å². The van der Waals surface area contributed by atoms with Gasteiger partial charge in [0.05, 0.1) is 0 Å². The second kappa shape index (κ2) is 6.76. The SMILES string of the molecule is Cc1ccc(Nc2ncnc(Oc3ccc(Cl)c(C)c3)c2N)cc1. The predicted molar refractivity (Wildman–Crippen MR) is 97.2 cm³/mol. The Morgan fingerprint density at radius 1 is 1.04 bits per heavy atom. The van der Waals surface area contributed by atoms with Crippen molar-refractivity contribution >= 4 is 28.8 Å². The lowest BCUT2D eigenvalue weighted by Gasteiger charge is -2.12. The van der Waals surface area contributed by atoms with Crippen LogP contribution in [0.1, 0.15) is 11.1 Å². The third-order valence-electron chi connectivity index (χ3n) is 3.51. The first-order valence-electron chi connectivity index (χ1n) is 7.41. The lowest BCUT2D eigenvalue weighted by atomic mass is 10.2. The summed E-state index contributed by atoms with van der Waals surface area (Å²) in [5.41, 5.74) is 9.46. The normalized spacial score (nSPS) is 10.5. The first-order valence-corrected chi connectivity index (χ1v) is 7.79. The lowest BCUT2D eigenvalue weighted by Crippen LogP contribution is -2.03. The molecule has 0 aliphatic carbocycles. The molecule has 0 bridgehead atoms. The maximum atomic E-state index is 6.14. The molecule has 0 saturated carbocycles. The predicted octanol–water partition coefficient (Wildman–Crippen LogP) is 4.86. The Labute approximate surface area is 145 Å². The van der Waals surface area contributed by atoms with E-state index in [1.54, 1.807) is 12.1 Å². The topological polar surface area (TPSA) is 73.1 Å². The van der Waals surface area contributed by atoms with Crippen LogP contribution in [0.5, 0.6) is 11.6 Å². The van der Waals surface area contributed by atoms with Crippen LogP contribution in [0, 0.1) is 13.8 Å². The van der Waals surface area contributed by atoms with Crippen molar-refractivity contribution in [2.45, 2.75) is 13.8 Å². The summed E-state index contributed by atoms with van der Waals surface area (Å²) in [5, 5.41) is 3.85. The van der Waals surface area contributed by atoms with Crippen LogP contribution in [0.2, 0.25) is 5.02 Å². The number of nitrogens with zero attached hydrogens (tertiary/aromatic N) is 2. The Morgan fingerprint density at radius 2 is 1.79 bits per heavy atom. The van der Waals surface area contributed by atoms with Gasteiger partial charge in [-0.15, -0.1) is 0 Å². The van der Waals surface area contributed by atoms with E-state index in [1.165, 1.54) is 11.9 Å². The molecule has 0 fully saturated rings. The van der Waals surface area contributed by atoms with Gasteiger partial charge in [0.1, 0.15) is 17.8 Å². The number of aryl methyl sites for hydroxylation is 2. The van der Waals surface area contributed by atoms with E-state index in [0.717, 1.165) is 11.3 Å². The number of ether oxygens (including phenoxy) is 1. The summed E-state index contributed by atoms with van der Waals surface area (Å²) in [5.74, 6) is 1.40. The minimum Gasteiger partial charge on any atom is -0.437 e. The van der Waals surface area contributed by atoms with Gasteiger partial charge in [-0.05, 0) is 49.7 Å². The third-order valence-corrected chi connectivity index (χ3v) is 3.93. The number of nitrogen functional groups attached to an aromatic ring is 1. The molecule has 5 nitrogen and oxygen atoms in total. The van der Waals surface area contributed by atoms with E-state index in [1.807, 2.05) is 44.2 Å². The number of aromatic nitrogens is 2. The van der Waals surface area contributed by atoms with Gasteiger partial charge in [-0.25, -0.2) is 4.98 Å². The van der Waals surface area contributed by atoms with Crippen LogP contribution < -0.4 is 15.8 Å². The quantitative estimate of drug-likeness (QED) is 0.709. The zero-order valence-electron chi connectivity index (χ0n) is 13.4. The zero-order valence-corrected chi connectivity index (χ0v) is 14.1. The van der Waals surface area contributed by atoms with Gasteiger partial charge in [-0.1, -0.05) is 29.3 Å². The molecule has 1 aromatic heterocycles. The van der Waals surface area contributed by atoms with Crippen LogP contribution in [0.15, 0.2) is 48.8 Å². The smallest absolute Gasteiger partial charge is 0.248 e. The standard InChI is InChI=1S/C18H17ClN4O/c1-11-3-5-13(6-4-11)23-17-16(20)18(22-10-21-17)24-14-7-8-15(19)12(2)9-14/h3-10H,20H2,1-2H3,(H,21,22,23). The summed E-state index contributed by atoms with van der Waals surface area (Å²) >= 11 is 6.03. The first kappa shape index (κ1) is 16.1. The van der Waals surface area contributed by atoms with Crippen molar-refractivity contribution < 1.29 is 4.74 Å². The fraction of sp³-hybridized carbons (Fsp3) is 0.111. The molecule has 0 amide bonds. The molecule has 122 valence electrons. The summed E-state index contributed by atoms with van der Waals surface area (Å²) < 4.78 is 5.77. The molecule has 0 radical (unpaired) electrons. The molecule has 3 N–H and O–H groups in total. The number of hydrogen-bond donors (Lipinski definition) is 2. The second-order valence-electron chi connectivity index (χ2n) is 5.45. The van der Waals surface area contributed by atoms with Crippen molar-refractivity contribution in [3.63, 3.8) is 0 Å². The molecule has 6 heteroatoms. The Kier molecular flexibility index (Phi) is 4.53. The lowest BCUT2D eigenvalue weighted by molar-refractivity contribution is 0.464. The highest BCUT2D eigenvalue weighted by atomic mass is 35.5. The second-order valence-corrected chi connectivity index (χ2v) is 5.85. The molecule has 24 heavy (non-hydrogen) atoms. The van der Waals surface area contributed by atoms with Crippen LogP contribution in [-0.4, -0.2) is 9.97 Å². The van der Waals surface area contributed by atoms with E-state index in [4.69, 9.17) is 22.1 Å². The molecule has 0 aliphatic heterocycles. The monoisotopic (exact) mass is 340 g/mol. The largest absolute Gasteiger partial charge is 0.437 e. The van der Waals surface area contributed by atoms with Crippen LogP contribution >= 0.6 is 11.6 Å². The molecular weight excluding hydrogens is 324 g/mol. The summed E-state index contributed by atoms with van der Waals surface area (Å²) in [4.78, 5) is 8.29. The minimum absolute atomic E-state index is 0.293. The molecular formula is C18H17ClN4O. The number of halogens is 1. The molecule has 3 rings (SSSR count). The molecule has 0 aliphatic rings. The van der Waals surface area contributed by atoms with Crippen LogP contribution in [0.25, 0.3) is 0 Å². The van der Waals surface area contributed by atoms with Gasteiger partial charge in [0.25, 0.3) is 0 Å². The van der Waals surface area contributed by atoms with Gasteiger partial charge in [-0.2, -0.15) is 4.98 Å². The Balaban J connectivity index is 1.84. The van der Waals surface area contributed by atoms with Gasteiger partial charge >= 0.3 is 0 Å². The highest BCUT2D eigenvalue weighted by molar-refractivity contribution is 6.31. The molecule has 0 saturated heterocycles. The third kappa shape index (κ3) is 3.58. The molecule has 1 heterocycles. The molecule has 0 spiro atoms. The number of hydrogen-bond acceptors (Lipinski definition) is 5. The van der Waals surface area contributed by atoms with Gasteiger partial charge in [0.2, 0.25) is 5.88 Å².